The van der Waals surface area contributed by atoms with Gasteiger partial charge in [0.1, 0.15) is 4.90 Å². The molecule has 1 rings (SSSR count). The summed E-state index contributed by atoms with van der Waals surface area (Å²) in [5, 5.41) is 0. The van der Waals surface area contributed by atoms with E-state index >= 15 is 0 Å². The van der Waals surface area contributed by atoms with E-state index in [1.54, 1.807) is 18.2 Å². The van der Waals surface area contributed by atoms with Gasteiger partial charge < -0.3 is 0 Å². The molecule has 0 saturated heterocycles. The second kappa shape index (κ2) is 3.55. The van der Waals surface area contributed by atoms with E-state index in [2.05, 4.69) is 20.1 Å². The van der Waals surface area contributed by atoms with E-state index in [-0.39, 0.29) is 4.90 Å². The summed E-state index contributed by atoms with van der Waals surface area (Å²) in [6, 6.07) is 6.49. The van der Waals surface area contributed by atoms with Gasteiger partial charge in [0.05, 0.1) is 7.11 Å². The van der Waals surface area contributed by atoms with E-state index in [0.29, 0.717) is 4.47 Å². The highest BCUT2D eigenvalue weighted by molar-refractivity contribution is 9.10. The Bertz CT molecular complexity index is 372. The summed E-state index contributed by atoms with van der Waals surface area (Å²) >= 11 is 3.11. The average molecular weight is 251 g/mol. The van der Waals surface area contributed by atoms with Crippen molar-refractivity contribution in [1.29, 1.82) is 0 Å². The van der Waals surface area contributed by atoms with Crippen molar-refractivity contribution in [2.75, 3.05) is 7.11 Å². The van der Waals surface area contributed by atoms with Gasteiger partial charge in [-0.1, -0.05) is 12.1 Å². The molecule has 5 heteroatoms. The maximum atomic E-state index is 11.2. The van der Waals surface area contributed by atoms with Crippen LogP contribution in [0.15, 0.2) is 33.6 Å². The molecule has 0 radical (unpaired) electrons. The first-order valence-electron chi connectivity index (χ1n) is 3.13. The van der Waals surface area contributed by atoms with Crippen LogP contribution in [0.3, 0.4) is 0 Å². The van der Waals surface area contributed by atoms with Crippen molar-refractivity contribution < 1.29 is 12.6 Å². The lowest BCUT2D eigenvalue weighted by molar-refractivity contribution is 0.397. The number of hydrogen-bond acceptors (Lipinski definition) is 3. The van der Waals surface area contributed by atoms with Crippen LogP contribution in [-0.2, 0) is 14.3 Å². The standard InChI is InChI=1S/C7H7BrO3S/c1-11-12(9,10)7-5-3-2-4-6(7)8/h2-5H,1H3. The fourth-order valence-corrected chi connectivity index (χ4v) is 2.35. The maximum absolute atomic E-state index is 11.2. The first-order chi connectivity index (χ1) is 5.58. The van der Waals surface area contributed by atoms with E-state index in [9.17, 15) is 8.42 Å². The molecule has 0 bridgehead atoms. The maximum Gasteiger partial charge on any atom is 0.297 e. The van der Waals surface area contributed by atoms with Gasteiger partial charge in [-0.3, -0.25) is 4.18 Å². The van der Waals surface area contributed by atoms with Crippen molar-refractivity contribution in [1.82, 2.24) is 0 Å². The summed E-state index contributed by atoms with van der Waals surface area (Å²) in [6.45, 7) is 0. The lowest BCUT2D eigenvalue weighted by Gasteiger charge is -2.02. The molecular formula is C7H7BrO3S. The smallest absolute Gasteiger partial charge is 0.270 e. The van der Waals surface area contributed by atoms with Crippen molar-refractivity contribution in [2.24, 2.45) is 0 Å². The van der Waals surface area contributed by atoms with Crippen LogP contribution in [0.5, 0.6) is 0 Å². The fraction of sp³-hybridized carbons (Fsp3) is 0.143. The summed E-state index contributed by atoms with van der Waals surface area (Å²) in [5.41, 5.74) is 0. The van der Waals surface area contributed by atoms with Gasteiger partial charge in [-0.05, 0) is 28.1 Å². The number of benzene rings is 1. The van der Waals surface area contributed by atoms with E-state index in [1.165, 1.54) is 6.07 Å². The van der Waals surface area contributed by atoms with Crippen LogP contribution in [0, 0.1) is 0 Å². The van der Waals surface area contributed by atoms with E-state index in [0.717, 1.165) is 7.11 Å². The van der Waals surface area contributed by atoms with Crippen molar-refractivity contribution in [3.05, 3.63) is 28.7 Å². The first-order valence-corrected chi connectivity index (χ1v) is 5.33. The minimum absolute atomic E-state index is 0.146. The first kappa shape index (κ1) is 9.70. The van der Waals surface area contributed by atoms with Crippen LogP contribution in [0.2, 0.25) is 0 Å². The molecule has 0 atom stereocenters. The van der Waals surface area contributed by atoms with Crippen LogP contribution >= 0.6 is 15.9 Å². The lowest BCUT2D eigenvalue weighted by Crippen LogP contribution is -2.03. The number of hydrogen-bond donors (Lipinski definition) is 0. The second-order valence-electron chi connectivity index (χ2n) is 2.05. The molecule has 0 spiro atoms. The summed E-state index contributed by atoms with van der Waals surface area (Å²) in [4.78, 5) is 0.146. The van der Waals surface area contributed by atoms with Crippen molar-refractivity contribution in [3.63, 3.8) is 0 Å². The van der Waals surface area contributed by atoms with Gasteiger partial charge in [0.2, 0.25) is 0 Å². The highest BCUT2D eigenvalue weighted by Gasteiger charge is 2.15. The molecule has 0 N–H and O–H groups in total. The predicted octanol–water partition coefficient (Wildman–Crippen LogP) is 1.78. The zero-order valence-electron chi connectivity index (χ0n) is 6.32. The van der Waals surface area contributed by atoms with Gasteiger partial charge >= 0.3 is 0 Å². The minimum atomic E-state index is -3.58. The molecule has 0 heterocycles. The molecule has 66 valence electrons. The quantitative estimate of drug-likeness (QED) is 0.752. The van der Waals surface area contributed by atoms with Gasteiger partial charge in [-0.15, -0.1) is 0 Å². The fourth-order valence-electron chi connectivity index (χ4n) is 0.737. The minimum Gasteiger partial charge on any atom is -0.270 e. The summed E-state index contributed by atoms with van der Waals surface area (Å²) in [5.74, 6) is 0. The number of rotatable bonds is 2. The molecule has 0 unspecified atom stereocenters. The summed E-state index contributed by atoms with van der Waals surface area (Å²) < 4.78 is 27.2. The van der Waals surface area contributed by atoms with Crippen LogP contribution in [-0.4, -0.2) is 15.5 Å². The molecule has 3 nitrogen and oxygen atoms in total. The van der Waals surface area contributed by atoms with Gasteiger partial charge in [-0.25, -0.2) is 0 Å². The molecule has 0 aliphatic rings. The predicted molar refractivity (Wildman–Crippen MR) is 48.3 cm³/mol. The van der Waals surface area contributed by atoms with Gasteiger partial charge in [0, 0.05) is 4.47 Å². The SMILES string of the molecule is COS(=O)(=O)c1ccccc1Br. The largest absolute Gasteiger partial charge is 0.297 e. The molecule has 0 amide bonds. The normalized spacial score (nSPS) is 11.5. The Balaban J connectivity index is 3.30. The van der Waals surface area contributed by atoms with E-state index < -0.39 is 10.1 Å². The molecular weight excluding hydrogens is 244 g/mol. The number of halogens is 1. The molecule has 0 fully saturated rings. The van der Waals surface area contributed by atoms with Gasteiger partial charge in [-0.2, -0.15) is 8.42 Å². The lowest BCUT2D eigenvalue weighted by atomic mass is 10.4. The average Bonchev–Trinajstić information content (AvgIpc) is 2.05. The van der Waals surface area contributed by atoms with E-state index in [1.807, 2.05) is 0 Å². The zero-order valence-corrected chi connectivity index (χ0v) is 8.72. The Kier molecular flexibility index (Phi) is 2.87. The highest BCUT2D eigenvalue weighted by Crippen LogP contribution is 2.21. The van der Waals surface area contributed by atoms with Gasteiger partial charge in [0.15, 0.2) is 0 Å². The summed E-state index contributed by atoms with van der Waals surface area (Å²) in [6.07, 6.45) is 0. The third kappa shape index (κ3) is 1.85. The molecule has 0 aliphatic heterocycles. The third-order valence-corrected chi connectivity index (χ3v) is 3.61. The third-order valence-electron chi connectivity index (χ3n) is 1.33. The Labute approximate surface area is 79.6 Å². The molecule has 1 aromatic carbocycles. The topological polar surface area (TPSA) is 43.4 Å². The Morgan fingerprint density at radius 1 is 1.33 bits per heavy atom. The van der Waals surface area contributed by atoms with Crippen LogP contribution in [0.4, 0.5) is 0 Å². The summed E-state index contributed by atoms with van der Waals surface area (Å²) in [7, 11) is -2.44. The van der Waals surface area contributed by atoms with E-state index in [4.69, 9.17) is 0 Å². The van der Waals surface area contributed by atoms with Crippen molar-refractivity contribution >= 4 is 26.0 Å². The second-order valence-corrected chi connectivity index (χ2v) is 4.59. The van der Waals surface area contributed by atoms with Crippen LogP contribution < -0.4 is 0 Å². The van der Waals surface area contributed by atoms with Crippen molar-refractivity contribution in [2.45, 2.75) is 4.90 Å². The molecule has 0 aromatic heterocycles. The van der Waals surface area contributed by atoms with Gasteiger partial charge in [0.25, 0.3) is 10.1 Å². The highest BCUT2D eigenvalue weighted by atomic mass is 79.9. The van der Waals surface area contributed by atoms with Crippen LogP contribution in [0.1, 0.15) is 0 Å². The Hall–Kier alpha value is -0.390. The molecule has 1 aromatic rings. The Morgan fingerprint density at radius 2 is 1.92 bits per heavy atom. The monoisotopic (exact) mass is 250 g/mol. The molecule has 0 saturated carbocycles. The van der Waals surface area contributed by atoms with Crippen molar-refractivity contribution in [3.8, 4) is 0 Å². The van der Waals surface area contributed by atoms with Crippen LogP contribution in [0.25, 0.3) is 0 Å². The zero-order chi connectivity index (χ0) is 9.19. The molecule has 0 aliphatic carbocycles. The Morgan fingerprint density at radius 3 is 2.42 bits per heavy atom. The molecule has 12 heavy (non-hydrogen) atoms.